The van der Waals surface area contributed by atoms with Gasteiger partial charge in [0.15, 0.2) is 0 Å². The smallest absolute Gasteiger partial charge is 0.229 e. The van der Waals surface area contributed by atoms with Crippen LogP contribution in [0.2, 0.25) is 0 Å². The van der Waals surface area contributed by atoms with Gasteiger partial charge in [-0.05, 0) is 78.4 Å². The van der Waals surface area contributed by atoms with Crippen LogP contribution >= 0.6 is 23.9 Å². The van der Waals surface area contributed by atoms with E-state index in [0.717, 1.165) is 65.5 Å². The Hall–Kier alpha value is -3.00. The van der Waals surface area contributed by atoms with Crippen LogP contribution in [-0.4, -0.2) is 61.7 Å². The molecule has 0 spiro atoms. The van der Waals surface area contributed by atoms with Gasteiger partial charge in [-0.15, -0.1) is 0 Å². The molecule has 0 bridgehead atoms. The van der Waals surface area contributed by atoms with Crippen LogP contribution in [0.15, 0.2) is 47.1 Å². The largest absolute Gasteiger partial charge is 0.495 e. The molecule has 2 N–H and O–H groups in total. The van der Waals surface area contributed by atoms with E-state index >= 15 is 0 Å². The molecular weight excluding hydrogens is 599 g/mol. The number of rotatable bonds is 9. The molecule has 0 radical (unpaired) electrons. The number of nitrogens with zero attached hydrogens (tertiary/aromatic N) is 4. The fourth-order valence-corrected chi connectivity index (χ4v) is 6.97. The minimum atomic E-state index is -0.403. The van der Waals surface area contributed by atoms with Gasteiger partial charge >= 0.3 is 0 Å². The van der Waals surface area contributed by atoms with Crippen molar-refractivity contribution in [3.8, 4) is 5.75 Å². The Kier molecular flexibility index (Phi) is 8.29. The summed E-state index contributed by atoms with van der Waals surface area (Å²) < 4.78 is 12.2. The van der Waals surface area contributed by atoms with E-state index in [1.54, 1.807) is 13.3 Å². The van der Waals surface area contributed by atoms with Gasteiger partial charge in [0.2, 0.25) is 5.95 Å². The van der Waals surface area contributed by atoms with Crippen LogP contribution in [0.1, 0.15) is 36.9 Å². The molecule has 1 aliphatic heterocycles. The molecule has 2 fully saturated rings. The summed E-state index contributed by atoms with van der Waals surface area (Å²) in [5.74, 6) is 2.68. The summed E-state index contributed by atoms with van der Waals surface area (Å²) in [4.78, 5) is 16.8. The zero-order valence-corrected chi connectivity index (χ0v) is 26.5. The molecule has 2 aliphatic rings. The molecule has 10 heteroatoms. The first-order valence-corrected chi connectivity index (χ1v) is 17.2. The number of hydrogen-bond acceptors (Lipinski definition) is 8. The van der Waals surface area contributed by atoms with Gasteiger partial charge in [0, 0.05) is 59.0 Å². The summed E-state index contributed by atoms with van der Waals surface area (Å²) >= 11 is 3.66. The van der Waals surface area contributed by atoms with Crippen LogP contribution < -0.4 is 25.6 Å². The lowest BCUT2D eigenvalue weighted by atomic mass is 10.1. The average Bonchev–Trinajstić information content (AvgIpc) is 3.84. The number of anilines is 5. The van der Waals surface area contributed by atoms with Crippen molar-refractivity contribution >= 4 is 68.9 Å². The number of pyridine rings is 1. The number of aromatic nitrogens is 3. The van der Waals surface area contributed by atoms with Gasteiger partial charge in [-0.2, -0.15) is 4.98 Å². The number of hydrogen-bond donors (Lipinski definition) is 2. The van der Waals surface area contributed by atoms with Gasteiger partial charge < -0.3 is 25.0 Å². The Labute approximate surface area is 251 Å². The van der Waals surface area contributed by atoms with E-state index in [0.29, 0.717) is 17.7 Å². The zero-order valence-electron chi connectivity index (χ0n) is 24.0. The summed E-state index contributed by atoms with van der Waals surface area (Å²) in [5, 5.41) is 9.56. The van der Waals surface area contributed by atoms with Crippen molar-refractivity contribution < 1.29 is 9.47 Å². The number of benzene rings is 2. The van der Waals surface area contributed by atoms with Gasteiger partial charge in [0.1, 0.15) is 11.6 Å². The molecule has 41 heavy (non-hydrogen) atoms. The molecule has 8 nitrogen and oxygen atoms in total. The lowest BCUT2D eigenvalue weighted by molar-refractivity contribution is 0.122. The molecule has 2 aromatic heterocycles. The molecule has 0 amide bonds. The third-order valence-corrected chi connectivity index (χ3v) is 9.64. The predicted molar refractivity (Wildman–Crippen MR) is 174 cm³/mol. The molecule has 1 aliphatic carbocycles. The van der Waals surface area contributed by atoms with Gasteiger partial charge in [0.05, 0.1) is 36.0 Å². The highest BCUT2D eigenvalue weighted by molar-refractivity contribution is 9.10. The van der Waals surface area contributed by atoms with Crippen LogP contribution in [0.25, 0.3) is 10.9 Å². The number of nitrogens with one attached hydrogen (secondary N) is 2. The fourth-order valence-electron chi connectivity index (χ4n) is 5.39. The Bertz CT molecular complexity index is 1570. The fraction of sp³-hybridized carbons (Fsp3) is 0.387. The highest BCUT2D eigenvalue weighted by Gasteiger charge is 2.25. The van der Waals surface area contributed by atoms with Crippen molar-refractivity contribution in [2.45, 2.75) is 32.1 Å². The highest BCUT2D eigenvalue weighted by atomic mass is 79.9. The number of morpholine rings is 1. The minimum Gasteiger partial charge on any atom is -0.495 e. The molecule has 214 valence electrons. The van der Waals surface area contributed by atoms with E-state index in [9.17, 15) is 0 Å². The number of methoxy groups -OCH3 is 1. The normalized spacial score (nSPS) is 15.4. The Morgan fingerprint density at radius 2 is 1.85 bits per heavy atom. The predicted octanol–water partition coefficient (Wildman–Crippen LogP) is 6.93. The summed E-state index contributed by atoms with van der Waals surface area (Å²) in [7, 11) is 1.31. The van der Waals surface area contributed by atoms with Crippen molar-refractivity contribution in [3.05, 3.63) is 58.3 Å². The second-order valence-corrected chi connectivity index (χ2v) is 13.8. The van der Waals surface area contributed by atoms with Crippen molar-refractivity contribution in [1.29, 1.82) is 0 Å². The van der Waals surface area contributed by atoms with Crippen LogP contribution in [0.4, 0.5) is 28.8 Å². The summed E-state index contributed by atoms with van der Waals surface area (Å²) in [6.45, 7) is 9.87. The van der Waals surface area contributed by atoms with Gasteiger partial charge in [-0.1, -0.05) is 20.9 Å². The zero-order chi connectivity index (χ0) is 28.5. The summed E-state index contributed by atoms with van der Waals surface area (Å²) in [5.41, 5.74) is 6.53. The first-order chi connectivity index (χ1) is 19.9. The van der Waals surface area contributed by atoms with E-state index in [2.05, 4.69) is 87.0 Å². The number of fused-ring (bicyclic) bond motifs is 1. The minimum absolute atomic E-state index is 0.403. The molecule has 3 heterocycles. The second-order valence-electron chi connectivity index (χ2n) is 10.7. The molecule has 1 saturated heterocycles. The summed E-state index contributed by atoms with van der Waals surface area (Å²) in [6.07, 6.45) is 5.15. The maximum atomic E-state index is 5.81. The Balaban J connectivity index is 1.30. The Morgan fingerprint density at radius 3 is 2.56 bits per heavy atom. The van der Waals surface area contributed by atoms with Crippen molar-refractivity contribution in [2.75, 3.05) is 62.3 Å². The number of ether oxygens (including phenoxy) is 2. The van der Waals surface area contributed by atoms with E-state index in [-0.39, 0.29) is 0 Å². The maximum absolute atomic E-state index is 5.81. The van der Waals surface area contributed by atoms with Crippen LogP contribution in [0.3, 0.4) is 0 Å². The van der Waals surface area contributed by atoms with Gasteiger partial charge in [0.25, 0.3) is 0 Å². The molecule has 0 atom stereocenters. The van der Waals surface area contributed by atoms with Crippen LogP contribution in [0, 0.1) is 0 Å². The SMILES string of the molecule is CCc1cc(N2CCOCC2)c(OC)cc1Nc1ncc(Br)c(Nc2ccc3nc(C4CC4)ccc3c2P(C)C)n1. The summed E-state index contributed by atoms with van der Waals surface area (Å²) in [6, 6.07) is 13.0. The molecule has 0 unspecified atom stereocenters. The standard InChI is InChI=1S/C31H36BrN6O2P/c1-5-19-16-27(38-12-14-40-15-13-38)28(39-2)17-26(19)36-31-33-18-22(32)30(37-31)35-25-11-10-24-21(29(25)41(3)4)8-9-23(34-24)20-6-7-20/h8-11,16-18,20H,5-7,12-15H2,1-4H3,(H2,33,35,36,37). The van der Waals surface area contributed by atoms with Crippen LogP contribution in [0.5, 0.6) is 5.75 Å². The second kappa shape index (κ2) is 12.1. The van der Waals surface area contributed by atoms with Gasteiger partial charge in [-0.25, -0.2) is 4.98 Å². The van der Waals surface area contributed by atoms with Crippen LogP contribution in [-0.2, 0) is 11.2 Å². The topological polar surface area (TPSA) is 84.4 Å². The third kappa shape index (κ3) is 5.99. The van der Waals surface area contributed by atoms with E-state index < -0.39 is 7.92 Å². The third-order valence-electron chi connectivity index (χ3n) is 7.69. The van der Waals surface area contributed by atoms with E-state index in [1.807, 2.05) is 6.07 Å². The van der Waals surface area contributed by atoms with E-state index in [4.69, 9.17) is 19.4 Å². The average molecular weight is 636 g/mol. The van der Waals surface area contributed by atoms with Crippen molar-refractivity contribution in [1.82, 2.24) is 15.0 Å². The Morgan fingerprint density at radius 1 is 1.05 bits per heavy atom. The quantitative estimate of drug-likeness (QED) is 0.192. The molecule has 4 aromatic rings. The maximum Gasteiger partial charge on any atom is 0.229 e. The van der Waals surface area contributed by atoms with E-state index in [1.165, 1.54) is 34.8 Å². The van der Waals surface area contributed by atoms with Gasteiger partial charge in [-0.3, -0.25) is 4.98 Å². The lowest BCUT2D eigenvalue weighted by Crippen LogP contribution is -2.36. The first kappa shape index (κ1) is 28.1. The lowest BCUT2D eigenvalue weighted by Gasteiger charge is -2.31. The van der Waals surface area contributed by atoms with Crippen molar-refractivity contribution in [2.24, 2.45) is 0 Å². The molecular formula is C31H36BrN6O2P. The monoisotopic (exact) mass is 634 g/mol. The number of aryl methyl sites for hydroxylation is 1. The molecule has 1 saturated carbocycles. The molecule has 2 aromatic carbocycles. The first-order valence-electron chi connectivity index (χ1n) is 14.2. The highest BCUT2D eigenvalue weighted by Crippen LogP contribution is 2.41. The number of halogens is 1. The van der Waals surface area contributed by atoms with Crippen molar-refractivity contribution in [3.63, 3.8) is 0 Å². The molecule has 6 rings (SSSR count).